The average molecular weight is 256 g/mol. The number of rotatable bonds is 5. The van der Waals surface area contributed by atoms with Gasteiger partial charge < -0.3 is 10.5 Å². The van der Waals surface area contributed by atoms with Gasteiger partial charge in [-0.25, -0.2) is 0 Å². The fourth-order valence-electron chi connectivity index (χ4n) is 1.89. The van der Waals surface area contributed by atoms with Crippen LogP contribution in [0.25, 0.3) is 0 Å². The van der Waals surface area contributed by atoms with Gasteiger partial charge in [0.25, 0.3) is 0 Å². The topological polar surface area (TPSA) is 65.2 Å². The molecule has 0 saturated heterocycles. The van der Waals surface area contributed by atoms with Gasteiger partial charge in [-0.3, -0.25) is 9.78 Å². The van der Waals surface area contributed by atoms with Gasteiger partial charge in [0.2, 0.25) is 0 Å². The summed E-state index contributed by atoms with van der Waals surface area (Å²) in [5.74, 6) is 0.755. The molecule has 0 amide bonds. The van der Waals surface area contributed by atoms with E-state index in [2.05, 4.69) is 4.98 Å². The van der Waals surface area contributed by atoms with Crippen LogP contribution in [0, 0.1) is 0 Å². The second kappa shape index (κ2) is 6.11. The van der Waals surface area contributed by atoms with Crippen LogP contribution in [0.4, 0.5) is 0 Å². The number of Topliss-reactive ketones (excluding diaryl/α,β-unsaturated/α-hetero) is 1. The van der Waals surface area contributed by atoms with Gasteiger partial charge in [-0.1, -0.05) is 18.2 Å². The van der Waals surface area contributed by atoms with Gasteiger partial charge in [0.15, 0.2) is 5.78 Å². The van der Waals surface area contributed by atoms with E-state index in [9.17, 15) is 4.79 Å². The molecule has 0 fully saturated rings. The van der Waals surface area contributed by atoms with Gasteiger partial charge in [-0.15, -0.1) is 0 Å². The van der Waals surface area contributed by atoms with Crippen molar-refractivity contribution in [3.63, 3.8) is 0 Å². The molecule has 1 aromatic heterocycles. The molecule has 0 aliphatic carbocycles. The van der Waals surface area contributed by atoms with E-state index >= 15 is 0 Å². The van der Waals surface area contributed by atoms with Crippen LogP contribution in [0.1, 0.15) is 21.6 Å². The first-order valence-electron chi connectivity index (χ1n) is 6.04. The highest BCUT2D eigenvalue weighted by molar-refractivity contribution is 5.97. The summed E-state index contributed by atoms with van der Waals surface area (Å²) in [6.07, 6.45) is 1.91. The number of ketones is 1. The maximum absolute atomic E-state index is 12.2. The maximum Gasteiger partial charge on any atom is 0.167 e. The average Bonchev–Trinajstić information content (AvgIpc) is 2.47. The molecule has 0 saturated carbocycles. The Hall–Kier alpha value is -2.20. The van der Waals surface area contributed by atoms with Crippen LogP contribution in [0.2, 0.25) is 0 Å². The maximum atomic E-state index is 12.2. The van der Waals surface area contributed by atoms with Gasteiger partial charge in [0.1, 0.15) is 5.75 Å². The molecule has 4 heteroatoms. The number of ether oxygens (including phenoxy) is 1. The molecule has 0 aliphatic heterocycles. The van der Waals surface area contributed by atoms with Crippen molar-refractivity contribution in [3.05, 3.63) is 59.4 Å². The molecule has 0 radical (unpaired) electrons. The Kier molecular flexibility index (Phi) is 4.26. The lowest BCUT2D eigenvalue weighted by molar-refractivity contribution is 0.0992. The number of hydrogen-bond acceptors (Lipinski definition) is 4. The van der Waals surface area contributed by atoms with Crippen molar-refractivity contribution in [2.45, 2.75) is 13.0 Å². The van der Waals surface area contributed by atoms with Crippen molar-refractivity contribution in [2.24, 2.45) is 5.73 Å². The molecule has 2 rings (SSSR count). The number of nitrogens with two attached hydrogens (primary N) is 1. The van der Waals surface area contributed by atoms with Crippen molar-refractivity contribution in [3.8, 4) is 5.75 Å². The summed E-state index contributed by atoms with van der Waals surface area (Å²) < 4.78 is 5.24. The number of methoxy groups -OCH3 is 1. The molecule has 4 nitrogen and oxygen atoms in total. The summed E-state index contributed by atoms with van der Waals surface area (Å²) >= 11 is 0. The first-order valence-corrected chi connectivity index (χ1v) is 6.04. The molecule has 1 aromatic carbocycles. The van der Waals surface area contributed by atoms with E-state index in [-0.39, 0.29) is 5.78 Å². The second-order valence-corrected chi connectivity index (χ2v) is 4.15. The van der Waals surface area contributed by atoms with Crippen LogP contribution < -0.4 is 10.5 Å². The zero-order chi connectivity index (χ0) is 13.7. The number of benzene rings is 1. The lowest BCUT2D eigenvalue weighted by atomic mass is 10.0. The molecule has 0 bridgehead atoms. The lowest BCUT2D eigenvalue weighted by Gasteiger charge is -2.07. The van der Waals surface area contributed by atoms with Crippen molar-refractivity contribution in [1.29, 1.82) is 0 Å². The van der Waals surface area contributed by atoms with Crippen molar-refractivity contribution in [1.82, 2.24) is 4.98 Å². The molecule has 2 aromatic rings. The number of aromatic nitrogens is 1. The summed E-state index contributed by atoms with van der Waals surface area (Å²) in [5, 5.41) is 0. The number of hydrogen-bond donors (Lipinski definition) is 1. The van der Waals surface area contributed by atoms with E-state index in [1.807, 2.05) is 24.3 Å². The fourth-order valence-corrected chi connectivity index (χ4v) is 1.89. The van der Waals surface area contributed by atoms with Gasteiger partial charge >= 0.3 is 0 Å². The summed E-state index contributed by atoms with van der Waals surface area (Å²) in [7, 11) is 1.60. The van der Waals surface area contributed by atoms with Crippen LogP contribution >= 0.6 is 0 Å². The van der Waals surface area contributed by atoms with E-state index in [4.69, 9.17) is 10.5 Å². The first-order chi connectivity index (χ1) is 9.24. The third-order valence-corrected chi connectivity index (χ3v) is 2.89. The molecule has 0 atom stereocenters. The van der Waals surface area contributed by atoms with Gasteiger partial charge in [0.05, 0.1) is 12.8 Å². The van der Waals surface area contributed by atoms with Crippen LogP contribution in [0.3, 0.4) is 0 Å². The Labute approximate surface area is 112 Å². The molecule has 0 spiro atoms. The zero-order valence-electron chi connectivity index (χ0n) is 10.8. The minimum absolute atomic E-state index is 0.0293. The van der Waals surface area contributed by atoms with Crippen LogP contribution in [0.5, 0.6) is 5.75 Å². The highest BCUT2D eigenvalue weighted by Crippen LogP contribution is 2.19. The number of pyridine rings is 1. The molecular formula is C15H16N2O2. The highest BCUT2D eigenvalue weighted by Gasteiger charge is 2.11. The van der Waals surface area contributed by atoms with Crippen molar-refractivity contribution < 1.29 is 9.53 Å². The number of para-hydroxylation sites is 1. The third-order valence-electron chi connectivity index (χ3n) is 2.89. The van der Waals surface area contributed by atoms with E-state index in [0.717, 1.165) is 11.3 Å². The van der Waals surface area contributed by atoms with Crippen molar-refractivity contribution in [2.75, 3.05) is 7.11 Å². The largest absolute Gasteiger partial charge is 0.496 e. The number of carbonyl (C=O) groups is 1. The van der Waals surface area contributed by atoms with Crippen LogP contribution in [-0.4, -0.2) is 17.9 Å². The zero-order valence-corrected chi connectivity index (χ0v) is 10.8. The van der Waals surface area contributed by atoms with E-state index in [1.54, 1.807) is 25.4 Å². The highest BCUT2D eigenvalue weighted by atomic mass is 16.5. The van der Waals surface area contributed by atoms with Crippen LogP contribution in [-0.2, 0) is 13.0 Å². The Bertz CT molecular complexity index is 582. The monoisotopic (exact) mass is 256 g/mol. The van der Waals surface area contributed by atoms with E-state index < -0.39 is 0 Å². The summed E-state index contributed by atoms with van der Waals surface area (Å²) in [6.45, 7) is 0.329. The van der Waals surface area contributed by atoms with Crippen LogP contribution in [0.15, 0.2) is 42.6 Å². The molecular weight excluding hydrogens is 240 g/mol. The molecule has 19 heavy (non-hydrogen) atoms. The molecule has 0 unspecified atom stereocenters. The summed E-state index contributed by atoms with van der Waals surface area (Å²) in [6, 6.07) is 11.0. The Morgan fingerprint density at radius 2 is 2.11 bits per heavy atom. The predicted octanol–water partition coefficient (Wildman–Crippen LogP) is 1.97. The summed E-state index contributed by atoms with van der Waals surface area (Å²) in [4.78, 5) is 16.3. The first kappa shape index (κ1) is 13.2. The van der Waals surface area contributed by atoms with E-state index in [0.29, 0.717) is 24.2 Å². The molecule has 0 aliphatic rings. The minimum atomic E-state index is 0.0293. The predicted molar refractivity (Wildman–Crippen MR) is 73.2 cm³/mol. The normalized spacial score (nSPS) is 10.2. The molecule has 2 N–H and O–H groups in total. The second-order valence-electron chi connectivity index (χ2n) is 4.15. The van der Waals surface area contributed by atoms with Gasteiger partial charge in [-0.2, -0.15) is 0 Å². The standard InChI is InChI=1S/C15H16N2O2/c1-19-15-5-3-2-4-12(15)9-14(18)11-6-7-17-13(8-11)10-16/h2-8H,9-10,16H2,1H3. The Morgan fingerprint density at radius 1 is 1.32 bits per heavy atom. The lowest BCUT2D eigenvalue weighted by Crippen LogP contribution is -2.07. The third kappa shape index (κ3) is 3.17. The number of nitrogens with zero attached hydrogens (tertiary/aromatic N) is 1. The smallest absolute Gasteiger partial charge is 0.167 e. The van der Waals surface area contributed by atoms with E-state index in [1.165, 1.54) is 0 Å². The Balaban J connectivity index is 2.20. The SMILES string of the molecule is COc1ccccc1CC(=O)c1ccnc(CN)c1. The van der Waals surface area contributed by atoms with Crippen molar-refractivity contribution >= 4 is 5.78 Å². The molecule has 1 heterocycles. The minimum Gasteiger partial charge on any atom is -0.496 e. The Morgan fingerprint density at radius 3 is 2.84 bits per heavy atom. The fraction of sp³-hybridized carbons (Fsp3) is 0.200. The molecule has 98 valence electrons. The number of carbonyl (C=O) groups excluding carboxylic acids is 1. The van der Waals surface area contributed by atoms with Gasteiger partial charge in [-0.05, 0) is 18.2 Å². The summed E-state index contributed by atoms with van der Waals surface area (Å²) in [5.41, 5.74) is 7.74. The van der Waals surface area contributed by atoms with Gasteiger partial charge in [0, 0.05) is 30.3 Å². The quantitative estimate of drug-likeness (QED) is 0.831.